The standard InChI is InChI=1S/C26H25ClN2O2/c27-23-14-7-13-22(19-23)25(30)28-15-8-16-29(18-17-28)26(31)24(20-9-3-1-4-10-20)21-11-5-2-6-12-21/h1-7,9-14,19,24H,8,15-18H2. The molecule has 4 nitrogen and oxygen atoms in total. The molecule has 1 saturated heterocycles. The number of carbonyl (C=O) groups excluding carboxylic acids is 2. The van der Waals surface area contributed by atoms with E-state index in [9.17, 15) is 9.59 Å². The second-order valence-electron chi connectivity index (χ2n) is 7.74. The molecule has 0 spiro atoms. The molecule has 2 amide bonds. The fourth-order valence-electron chi connectivity index (χ4n) is 4.10. The van der Waals surface area contributed by atoms with Gasteiger partial charge in [0.1, 0.15) is 0 Å². The molecule has 0 saturated carbocycles. The molecule has 5 heteroatoms. The predicted octanol–water partition coefficient (Wildman–Crippen LogP) is 4.85. The van der Waals surface area contributed by atoms with Gasteiger partial charge in [0.05, 0.1) is 5.92 Å². The second kappa shape index (κ2) is 9.80. The minimum Gasteiger partial charge on any atom is -0.340 e. The predicted molar refractivity (Wildman–Crippen MR) is 123 cm³/mol. The van der Waals surface area contributed by atoms with Crippen LogP contribution in [0.25, 0.3) is 0 Å². The SMILES string of the molecule is O=C(c1cccc(Cl)c1)N1CCCN(C(=O)C(c2ccccc2)c2ccccc2)CC1. The normalized spacial score (nSPS) is 14.4. The highest BCUT2D eigenvalue weighted by Crippen LogP contribution is 2.27. The lowest BCUT2D eigenvalue weighted by atomic mass is 9.90. The van der Waals surface area contributed by atoms with E-state index >= 15 is 0 Å². The van der Waals surface area contributed by atoms with Gasteiger partial charge in [0.15, 0.2) is 0 Å². The molecule has 0 radical (unpaired) electrons. The maximum absolute atomic E-state index is 13.6. The first-order chi connectivity index (χ1) is 15.1. The van der Waals surface area contributed by atoms with Gasteiger partial charge in [0.2, 0.25) is 5.91 Å². The van der Waals surface area contributed by atoms with Crippen molar-refractivity contribution in [3.63, 3.8) is 0 Å². The lowest BCUT2D eigenvalue weighted by Gasteiger charge is -2.27. The molecule has 1 fully saturated rings. The van der Waals surface area contributed by atoms with Gasteiger partial charge in [0, 0.05) is 36.8 Å². The fraction of sp³-hybridized carbons (Fsp3) is 0.231. The molecule has 158 valence electrons. The molecule has 1 aliphatic heterocycles. The van der Waals surface area contributed by atoms with Gasteiger partial charge in [-0.1, -0.05) is 78.3 Å². The monoisotopic (exact) mass is 432 g/mol. The van der Waals surface area contributed by atoms with Crippen LogP contribution in [0.15, 0.2) is 84.9 Å². The first-order valence-electron chi connectivity index (χ1n) is 10.6. The number of benzene rings is 3. The van der Waals surface area contributed by atoms with Crippen molar-refractivity contribution in [2.45, 2.75) is 12.3 Å². The Morgan fingerprint density at radius 3 is 1.90 bits per heavy atom. The Balaban J connectivity index is 1.52. The average Bonchev–Trinajstić information content (AvgIpc) is 3.06. The van der Waals surface area contributed by atoms with Gasteiger partial charge in [-0.3, -0.25) is 9.59 Å². The summed E-state index contributed by atoms with van der Waals surface area (Å²) in [5.41, 5.74) is 2.54. The Morgan fingerprint density at radius 1 is 0.710 bits per heavy atom. The quantitative estimate of drug-likeness (QED) is 0.591. The summed E-state index contributed by atoms with van der Waals surface area (Å²) >= 11 is 6.05. The van der Waals surface area contributed by atoms with Crippen LogP contribution in [-0.4, -0.2) is 47.8 Å². The van der Waals surface area contributed by atoms with Gasteiger partial charge in [0.25, 0.3) is 5.91 Å². The van der Waals surface area contributed by atoms with Crippen LogP contribution < -0.4 is 0 Å². The van der Waals surface area contributed by atoms with Crippen LogP contribution in [0.5, 0.6) is 0 Å². The van der Waals surface area contributed by atoms with Crippen LogP contribution in [0.2, 0.25) is 5.02 Å². The molecule has 31 heavy (non-hydrogen) atoms. The smallest absolute Gasteiger partial charge is 0.253 e. The minimum absolute atomic E-state index is 0.0422. The third-order valence-corrected chi connectivity index (χ3v) is 5.91. The van der Waals surface area contributed by atoms with E-state index in [1.807, 2.05) is 70.5 Å². The molecule has 0 aliphatic carbocycles. The lowest BCUT2D eigenvalue weighted by Crippen LogP contribution is -2.39. The molecule has 1 heterocycles. The third kappa shape index (κ3) is 4.97. The van der Waals surface area contributed by atoms with Gasteiger partial charge in [-0.25, -0.2) is 0 Å². The molecule has 0 atom stereocenters. The average molecular weight is 433 g/mol. The van der Waals surface area contributed by atoms with Crippen molar-refractivity contribution >= 4 is 23.4 Å². The number of hydrogen-bond donors (Lipinski definition) is 0. The van der Waals surface area contributed by atoms with Crippen LogP contribution >= 0.6 is 11.6 Å². The van der Waals surface area contributed by atoms with Crippen molar-refractivity contribution in [3.05, 3.63) is 107 Å². The second-order valence-corrected chi connectivity index (χ2v) is 8.17. The molecule has 0 N–H and O–H groups in total. The Labute approximate surface area is 188 Å². The van der Waals surface area contributed by atoms with Crippen molar-refractivity contribution in [1.29, 1.82) is 0 Å². The minimum atomic E-state index is -0.349. The van der Waals surface area contributed by atoms with E-state index in [0.29, 0.717) is 36.8 Å². The van der Waals surface area contributed by atoms with Gasteiger partial charge in [-0.05, 0) is 35.7 Å². The Kier molecular flexibility index (Phi) is 6.68. The number of nitrogens with zero attached hydrogens (tertiary/aromatic N) is 2. The Morgan fingerprint density at radius 2 is 1.29 bits per heavy atom. The lowest BCUT2D eigenvalue weighted by molar-refractivity contribution is -0.131. The summed E-state index contributed by atoms with van der Waals surface area (Å²) in [6.07, 6.45) is 0.744. The number of halogens is 1. The Bertz CT molecular complexity index is 1000. The van der Waals surface area contributed by atoms with Crippen molar-refractivity contribution in [2.24, 2.45) is 0 Å². The summed E-state index contributed by atoms with van der Waals surface area (Å²) in [5.74, 6) is -0.313. The maximum Gasteiger partial charge on any atom is 0.253 e. The van der Waals surface area contributed by atoms with Gasteiger partial charge in [-0.2, -0.15) is 0 Å². The summed E-state index contributed by atoms with van der Waals surface area (Å²) in [6, 6.07) is 26.8. The third-order valence-electron chi connectivity index (χ3n) is 5.68. The van der Waals surface area contributed by atoms with Gasteiger partial charge >= 0.3 is 0 Å². The molecule has 3 aromatic rings. The van der Waals surface area contributed by atoms with Crippen LogP contribution in [0, 0.1) is 0 Å². The Hall–Kier alpha value is -3.11. The van der Waals surface area contributed by atoms with E-state index in [0.717, 1.165) is 17.5 Å². The molecule has 0 unspecified atom stereocenters. The molecule has 4 rings (SSSR count). The van der Waals surface area contributed by atoms with Crippen molar-refractivity contribution in [1.82, 2.24) is 9.80 Å². The first-order valence-corrected chi connectivity index (χ1v) is 10.9. The topological polar surface area (TPSA) is 40.6 Å². The molecule has 0 bridgehead atoms. The summed E-state index contributed by atoms with van der Waals surface area (Å²) in [7, 11) is 0. The highest BCUT2D eigenvalue weighted by Gasteiger charge is 2.29. The summed E-state index contributed by atoms with van der Waals surface area (Å²) in [6.45, 7) is 2.28. The maximum atomic E-state index is 13.6. The fourth-order valence-corrected chi connectivity index (χ4v) is 4.29. The van der Waals surface area contributed by atoms with Gasteiger partial charge in [-0.15, -0.1) is 0 Å². The molecular weight excluding hydrogens is 408 g/mol. The van der Waals surface area contributed by atoms with Crippen molar-refractivity contribution in [3.8, 4) is 0 Å². The zero-order chi connectivity index (χ0) is 21.6. The number of hydrogen-bond acceptors (Lipinski definition) is 2. The van der Waals surface area contributed by atoms with Crippen LogP contribution in [0.3, 0.4) is 0 Å². The molecular formula is C26H25ClN2O2. The first kappa shape index (κ1) is 21.1. The summed E-state index contributed by atoms with van der Waals surface area (Å²) in [5, 5.41) is 0.547. The van der Waals surface area contributed by atoms with E-state index in [1.54, 1.807) is 24.3 Å². The zero-order valence-electron chi connectivity index (χ0n) is 17.3. The van der Waals surface area contributed by atoms with E-state index in [1.165, 1.54) is 0 Å². The highest BCUT2D eigenvalue weighted by molar-refractivity contribution is 6.30. The van der Waals surface area contributed by atoms with Crippen molar-refractivity contribution in [2.75, 3.05) is 26.2 Å². The van der Waals surface area contributed by atoms with E-state index < -0.39 is 0 Å². The van der Waals surface area contributed by atoms with E-state index in [2.05, 4.69) is 0 Å². The summed E-state index contributed by atoms with van der Waals surface area (Å²) in [4.78, 5) is 30.3. The summed E-state index contributed by atoms with van der Waals surface area (Å²) < 4.78 is 0. The van der Waals surface area contributed by atoms with Gasteiger partial charge < -0.3 is 9.80 Å². The highest BCUT2D eigenvalue weighted by atomic mass is 35.5. The largest absolute Gasteiger partial charge is 0.340 e. The molecule has 1 aliphatic rings. The zero-order valence-corrected chi connectivity index (χ0v) is 18.0. The molecule has 0 aromatic heterocycles. The van der Waals surface area contributed by atoms with Crippen LogP contribution in [0.1, 0.15) is 33.8 Å². The number of amides is 2. The number of carbonyl (C=O) groups is 2. The van der Waals surface area contributed by atoms with Crippen LogP contribution in [-0.2, 0) is 4.79 Å². The molecule has 3 aromatic carbocycles. The van der Waals surface area contributed by atoms with Crippen molar-refractivity contribution < 1.29 is 9.59 Å². The van der Waals surface area contributed by atoms with Crippen LogP contribution in [0.4, 0.5) is 0 Å². The number of rotatable bonds is 4. The van der Waals surface area contributed by atoms with E-state index in [4.69, 9.17) is 11.6 Å². The van der Waals surface area contributed by atoms with E-state index in [-0.39, 0.29) is 17.7 Å².